The molecule has 118 valence electrons. The normalized spacial score (nSPS) is 10.3. The van der Waals surface area contributed by atoms with Gasteiger partial charge in [-0.05, 0) is 25.0 Å². The van der Waals surface area contributed by atoms with Gasteiger partial charge in [0.15, 0.2) is 5.82 Å². The number of rotatable bonds is 8. The molecule has 0 aliphatic rings. The number of nitrogens with zero attached hydrogens (tertiary/aromatic N) is 4. The lowest BCUT2D eigenvalue weighted by Crippen LogP contribution is -2.26. The molecule has 1 aromatic carbocycles. The van der Waals surface area contributed by atoms with Gasteiger partial charge in [0.2, 0.25) is 5.95 Å². The molecule has 2 rings (SSSR count). The number of methoxy groups -OCH3 is 1. The van der Waals surface area contributed by atoms with Crippen LogP contribution in [0.4, 0.5) is 17.5 Å². The van der Waals surface area contributed by atoms with Crippen LogP contribution in [0.2, 0.25) is 0 Å². The fourth-order valence-corrected chi connectivity index (χ4v) is 2.21. The highest BCUT2D eigenvalue weighted by Crippen LogP contribution is 2.20. The zero-order chi connectivity index (χ0) is 15.8. The quantitative estimate of drug-likeness (QED) is 0.807. The molecule has 6 nitrogen and oxygen atoms in total. The van der Waals surface area contributed by atoms with Crippen LogP contribution >= 0.6 is 0 Å². The second kappa shape index (κ2) is 8.17. The molecule has 1 aromatic heterocycles. The number of benzene rings is 1. The van der Waals surface area contributed by atoms with E-state index < -0.39 is 0 Å². The molecule has 0 spiro atoms. The van der Waals surface area contributed by atoms with Crippen molar-refractivity contribution < 1.29 is 4.74 Å². The Morgan fingerprint density at radius 3 is 2.64 bits per heavy atom. The first kappa shape index (κ1) is 16.0. The highest BCUT2D eigenvalue weighted by atomic mass is 16.5. The summed E-state index contributed by atoms with van der Waals surface area (Å²) in [4.78, 5) is 6.79. The van der Waals surface area contributed by atoms with E-state index in [1.54, 1.807) is 13.3 Å². The van der Waals surface area contributed by atoms with E-state index in [9.17, 15) is 0 Å². The molecule has 0 atom stereocenters. The topological polar surface area (TPSA) is 63.2 Å². The van der Waals surface area contributed by atoms with Crippen LogP contribution in [0.15, 0.2) is 30.5 Å². The third-order valence-electron chi connectivity index (χ3n) is 3.18. The third kappa shape index (κ3) is 4.31. The number of hydrogen-bond donors (Lipinski definition) is 1. The molecule has 1 N–H and O–H groups in total. The van der Waals surface area contributed by atoms with Gasteiger partial charge in [0.1, 0.15) is 5.75 Å². The minimum Gasteiger partial charge on any atom is -0.497 e. The second-order valence-corrected chi connectivity index (χ2v) is 4.98. The standard InChI is InChI=1S/C16H23N5O/c1-4-9-21(10-5-2)15-12-17-20-16(19-15)18-13-7-6-8-14(11-13)22-3/h6-8,11-12H,4-5,9-10H2,1-3H3,(H,18,19,20). The van der Waals surface area contributed by atoms with Crippen molar-refractivity contribution in [1.29, 1.82) is 0 Å². The van der Waals surface area contributed by atoms with E-state index in [-0.39, 0.29) is 0 Å². The molecule has 0 fully saturated rings. The Morgan fingerprint density at radius 1 is 1.18 bits per heavy atom. The maximum Gasteiger partial charge on any atom is 0.249 e. The fraction of sp³-hybridized carbons (Fsp3) is 0.438. The Balaban J connectivity index is 2.16. The lowest BCUT2D eigenvalue weighted by Gasteiger charge is -2.22. The van der Waals surface area contributed by atoms with Crippen LogP contribution < -0.4 is 15.0 Å². The Morgan fingerprint density at radius 2 is 1.95 bits per heavy atom. The van der Waals surface area contributed by atoms with Crippen molar-refractivity contribution >= 4 is 17.5 Å². The van der Waals surface area contributed by atoms with Crippen LogP contribution in [-0.4, -0.2) is 35.4 Å². The SMILES string of the molecule is CCCN(CCC)c1cnnc(Nc2cccc(OC)c2)n1. The minimum absolute atomic E-state index is 0.489. The minimum atomic E-state index is 0.489. The van der Waals surface area contributed by atoms with Crippen molar-refractivity contribution in [3.05, 3.63) is 30.5 Å². The molecule has 0 bridgehead atoms. The average molecular weight is 301 g/mol. The second-order valence-electron chi connectivity index (χ2n) is 4.98. The molecule has 0 saturated heterocycles. The predicted octanol–water partition coefficient (Wildman–Crippen LogP) is 3.25. The summed E-state index contributed by atoms with van der Waals surface area (Å²) in [5, 5.41) is 11.3. The van der Waals surface area contributed by atoms with Gasteiger partial charge < -0.3 is 15.0 Å². The van der Waals surface area contributed by atoms with Gasteiger partial charge in [-0.2, -0.15) is 10.1 Å². The van der Waals surface area contributed by atoms with E-state index in [0.29, 0.717) is 5.95 Å². The van der Waals surface area contributed by atoms with Crippen LogP contribution in [0.5, 0.6) is 5.75 Å². The molecule has 0 saturated carbocycles. The number of nitrogens with one attached hydrogen (secondary N) is 1. The smallest absolute Gasteiger partial charge is 0.249 e. The van der Waals surface area contributed by atoms with Crippen molar-refractivity contribution in [2.45, 2.75) is 26.7 Å². The van der Waals surface area contributed by atoms with Gasteiger partial charge in [-0.25, -0.2) is 0 Å². The molecule has 0 radical (unpaired) electrons. The van der Waals surface area contributed by atoms with Gasteiger partial charge in [-0.1, -0.05) is 19.9 Å². The lowest BCUT2D eigenvalue weighted by atomic mass is 10.3. The molecular formula is C16H23N5O. The average Bonchev–Trinajstić information content (AvgIpc) is 2.55. The van der Waals surface area contributed by atoms with E-state index in [1.165, 1.54) is 0 Å². The zero-order valence-electron chi connectivity index (χ0n) is 13.4. The summed E-state index contributed by atoms with van der Waals surface area (Å²) in [6.07, 6.45) is 3.85. The zero-order valence-corrected chi connectivity index (χ0v) is 13.4. The third-order valence-corrected chi connectivity index (χ3v) is 3.18. The van der Waals surface area contributed by atoms with E-state index in [0.717, 1.165) is 43.2 Å². The summed E-state index contributed by atoms with van der Waals surface area (Å²) in [5.41, 5.74) is 0.871. The van der Waals surface area contributed by atoms with Crippen molar-refractivity contribution in [1.82, 2.24) is 15.2 Å². The van der Waals surface area contributed by atoms with Crippen molar-refractivity contribution in [2.24, 2.45) is 0 Å². The Bertz CT molecular complexity index is 584. The van der Waals surface area contributed by atoms with Crippen LogP contribution in [-0.2, 0) is 0 Å². The lowest BCUT2D eigenvalue weighted by molar-refractivity contribution is 0.415. The van der Waals surface area contributed by atoms with Gasteiger partial charge in [0, 0.05) is 24.8 Å². The van der Waals surface area contributed by atoms with Crippen LogP contribution in [0.25, 0.3) is 0 Å². The monoisotopic (exact) mass is 301 g/mol. The summed E-state index contributed by atoms with van der Waals surface area (Å²) in [6.45, 7) is 6.25. The van der Waals surface area contributed by atoms with Gasteiger partial charge in [0.05, 0.1) is 13.3 Å². The maximum atomic E-state index is 5.21. The molecule has 0 aliphatic heterocycles. The highest BCUT2D eigenvalue weighted by molar-refractivity contribution is 5.56. The van der Waals surface area contributed by atoms with Gasteiger partial charge in [0.25, 0.3) is 0 Å². The van der Waals surface area contributed by atoms with E-state index in [2.05, 4.69) is 39.2 Å². The number of hydrogen-bond acceptors (Lipinski definition) is 6. The largest absolute Gasteiger partial charge is 0.497 e. The molecule has 6 heteroatoms. The Hall–Kier alpha value is -2.37. The first-order valence-electron chi connectivity index (χ1n) is 7.62. The first-order chi connectivity index (χ1) is 10.8. The van der Waals surface area contributed by atoms with Crippen molar-refractivity contribution in [3.8, 4) is 5.75 Å². The first-order valence-corrected chi connectivity index (χ1v) is 7.62. The Kier molecular flexibility index (Phi) is 5.94. The summed E-state index contributed by atoms with van der Waals surface area (Å²) in [6, 6.07) is 7.64. The summed E-state index contributed by atoms with van der Waals surface area (Å²) in [7, 11) is 1.64. The van der Waals surface area contributed by atoms with Crippen molar-refractivity contribution in [2.75, 3.05) is 30.4 Å². The summed E-state index contributed by atoms with van der Waals surface area (Å²) < 4.78 is 5.21. The van der Waals surface area contributed by atoms with Gasteiger partial charge >= 0.3 is 0 Å². The molecule has 22 heavy (non-hydrogen) atoms. The Labute approximate surface area is 131 Å². The maximum absolute atomic E-state index is 5.21. The van der Waals surface area contributed by atoms with Gasteiger partial charge in [-0.3, -0.25) is 0 Å². The van der Waals surface area contributed by atoms with E-state index in [1.807, 2.05) is 24.3 Å². The van der Waals surface area contributed by atoms with Gasteiger partial charge in [-0.15, -0.1) is 5.10 Å². The number of anilines is 3. The number of aromatic nitrogens is 3. The number of ether oxygens (including phenoxy) is 1. The summed E-state index contributed by atoms with van der Waals surface area (Å²) in [5.74, 6) is 2.12. The van der Waals surface area contributed by atoms with E-state index >= 15 is 0 Å². The molecule has 1 heterocycles. The van der Waals surface area contributed by atoms with Crippen molar-refractivity contribution in [3.63, 3.8) is 0 Å². The van der Waals surface area contributed by atoms with Crippen LogP contribution in [0.3, 0.4) is 0 Å². The van der Waals surface area contributed by atoms with Crippen LogP contribution in [0.1, 0.15) is 26.7 Å². The molecule has 0 aliphatic carbocycles. The molecule has 2 aromatic rings. The molecule has 0 amide bonds. The molecule has 0 unspecified atom stereocenters. The highest BCUT2D eigenvalue weighted by Gasteiger charge is 2.09. The predicted molar refractivity (Wildman–Crippen MR) is 88.9 cm³/mol. The van der Waals surface area contributed by atoms with E-state index in [4.69, 9.17) is 4.74 Å². The fourth-order valence-electron chi connectivity index (χ4n) is 2.21. The molecular weight excluding hydrogens is 278 g/mol. The summed E-state index contributed by atoms with van der Waals surface area (Å²) >= 11 is 0. The van der Waals surface area contributed by atoms with Crippen LogP contribution in [0, 0.1) is 0 Å².